The third-order valence-corrected chi connectivity index (χ3v) is 1.63. The zero-order valence-corrected chi connectivity index (χ0v) is 6.47. The van der Waals surface area contributed by atoms with Gasteiger partial charge < -0.3 is 0 Å². The Balaban J connectivity index is 4.95. The summed E-state index contributed by atoms with van der Waals surface area (Å²) in [6, 6.07) is 0. The topological polar surface area (TPSA) is 0 Å². The van der Waals surface area contributed by atoms with Crippen LogP contribution in [-0.2, 0) is 0 Å². The predicted octanol–water partition coefficient (Wildman–Crippen LogP) is 3.32. The maximum Gasteiger partial charge on any atom is 0.428 e. The third kappa shape index (κ3) is 1.67. The first-order valence-corrected chi connectivity index (χ1v) is 3.19. The molecule has 12 heavy (non-hydrogen) atoms. The number of halogens is 6. The lowest BCUT2D eigenvalue weighted by molar-refractivity contribution is -0.298. The first-order valence-electron chi connectivity index (χ1n) is 3.19. The van der Waals surface area contributed by atoms with Crippen molar-refractivity contribution in [1.82, 2.24) is 0 Å². The molecule has 0 aliphatic heterocycles. The molecule has 0 aliphatic rings. The fraction of sp³-hybridized carbons (Fsp3) is 1.00. The number of hydrogen-bond donors (Lipinski definition) is 0. The average Bonchev–Trinajstić information content (AvgIpc) is 1.81. The van der Waals surface area contributed by atoms with E-state index in [1.54, 1.807) is 0 Å². The molecule has 1 unspecified atom stereocenters. The summed E-state index contributed by atoms with van der Waals surface area (Å²) >= 11 is 0. The molecule has 0 saturated carbocycles. The van der Waals surface area contributed by atoms with Gasteiger partial charge in [-0.3, -0.25) is 0 Å². The molecule has 1 atom stereocenters. The van der Waals surface area contributed by atoms with E-state index < -0.39 is 24.2 Å². The Labute approximate surface area is 65.6 Å². The molecule has 0 saturated heterocycles. The maximum atomic E-state index is 12.7. The lowest BCUT2D eigenvalue weighted by Crippen LogP contribution is -2.53. The molecular formula is C6H8F6. The largest absolute Gasteiger partial charge is 0.428 e. The minimum Gasteiger partial charge on any atom is -0.227 e. The van der Waals surface area contributed by atoms with Crippen LogP contribution in [0, 0.1) is 0 Å². The molecule has 0 aromatic rings. The molecule has 0 nitrogen and oxygen atoms in total. The van der Waals surface area contributed by atoms with Crippen molar-refractivity contribution < 1.29 is 26.3 Å². The second kappa shape index (κ2) is 2.81. The van der Waals surface area contributed by atoms with Crippen molar-refractivity contribution in [2.24, 2.45) is 0 Å². The summed E-state index contributed by atoms with van der Waals surface area (Å²) in [6.45, 7) is 0.648. The van der Waals surface area contributed by atoms with Crippen LogP contribution in [0.1, 0.15) is 20.3 Å². The molecule has 0 bridgehead atoms. The molecule has 0 fully saturated rings. The van der Waals surface area contributed by atoms with Crippen LogP contribution in [0.5, 0.6) is 0 Å². The summed E-state index contributed by atoms with van der Waals surface area (Å²) in [5, 5.41) is 0. The van der Waals surface area contributed by atoms with Crippen molar-refractivity contribution in [3.63, 3.8) is 0 Å². The third-order valence-electron chi connectivity index (χ3n) is 1.63. The minimum absolute atomic E-state index is 0.0794. The summed E-state index contributed by atoms with van der Waals surface area (Å²) in [5.41, 5.74) is -4.42. The van der Waals surface area contributed by atoms with E-state index in [1.165, 1.54) is 0 Å². The summed E-state index contributed by atoms with van der Waals surface area (Å²) in [4.78, 5) is 0. The number of hydrogen-bond acceptors (Lipinski definition) is 0. The van der Waals surface area contributed by atoms with E-state index in [2.05, 4.69) is 0 Å². The Bertz CT molecular complexity index is 138. The molecular weight excluding hydrogens is 186 g/mol. The molecule has 0 aliphatic carbocycles. The summed E-state index contributed by atoms with van der Waals surface area (Å²) < 4.78 is 72.2. The van der Waals surface area contributed by atoms with Crippen molar-refractivity contribution in [2.45, 2.75) is 38.0 Å². The Morgan fingerprint density at radius 2 is 1.25 bits per heavy atom. The SMILES string of the molecule is CCC(F)(C(C)(F)F)C(F)(F)F. The molecule has 74 valence electrons. The maximum absolute atomic E-state index is 12.7. The van der Waals surface area contributed by atoms with Crippen molar-refractivity contribution >= 4 is 0 Å². The first kappa shape index (κ1) is 11.6. The van der Waals surface area contributed by atoms with Gasteiger partial charge in [0.2, 0.25) is 0 Å². The lowest BCUT2D eigenvalue weighted by atomic mass is 9.95. The molecule has 0 amide bonds. The standard InChI is InChI=1S/C6H8F6/c1-3-5(9,4(2,7)8)6(10,11)12/h3H2,1-2H3. The first-order chi connectivity index (χ1) is 5.06. The van der Waals surface area contributed by atoms with Gasteiger partial charge in [0.05, 0.1) is 0 Å². The van der Waals surface area contributed by atoms with Crippen molar-refractivity contribution in [3.05, 3.63) is 0 Å². The van der Waals surface area contributed by atoms with Gasteiger partial charge in [0.25, 0.3) is 11.6 Å². The van der Waals surface area contributed by atoms with Crippen LogP contribution in [0.3, 0.4) is 0 Å². The van der Waals surface area contributed by atoms with Crippen molar-refractivity contribution in [1.29, 1.82) is 0 Å². The van der Waals surface area contributed by atoms with Crippen LogP contribution in [0.2, 0.25) is 0 Å². The normalized spacial score (nSPS) is 19.0. The zero-order chi connectivity index (χ0) is 10.2. The second-order valence-corrected chi connectivity index (χ2v) is 2.54. The summed E-state index contributed by atoms with van der Waals surface area (Å²) in [7, 11) is 0. The van der Waals surface area contributed by atoms with Gasteiger partial charge in [-0.2, -0.15) is 13.2 Å². The van der Waals surface area contributed by atoms with Crippen LogP contribution in [0.4, 0.5) is 26.3 Å². The molecule has 0 rings (SSSR count). The van der Waals surface area contributed by atoms with Gasteiger partial charge in [0, 0.05) is 6.92 Å². The van der Waals surface area contributed by atoms with Crippen LogP contribution < -0.4 is 0 Å². The summed E-state index contributed by atoms with van der Waals surface area (Å²) in [6.07, 6.45) is -6.82. The number of alkyl halides is 6. The minimum atomic E-state index is -5.53. The van der Waals surface area contributed by atoms with Gasteiger partial charge in [-0.1, -0.05) is 6.92 Å². The van der Waals surface area contributed by atoms with E-state index in [4.69, 9.17) is 0 Å². The van der Waals surface area contributed by atoms with Gasteiger partial charge in [0.15, 0.2) is 0 Å². The van der Waals surface area contributed by atoms with Crippen LogP contribution in [0.15, 0.2) is 0 Å². The summed E-state index contributed by atoms with van der Waals surface area (Å²) in [5.74, 6) is -4.40. The molecule has 0 radical (unpaired) electrons. The molecule has 0 spiro atoms. The van der Waals surface area contributed by atoms with Gasteiger partial charge in [-0.15, -0.1) is 0 Å². The van der Waals surface area contributed by atoms with E-state index in [9.17, 15) is 26.3 Å². The van der Waals surface area contributed by atoms with E-state index in [-0.39, 0.29) is 6.92 Å². The van der Waals surface area contributed by atoms with Gasteiger partial charge in [-0.05, 0) is 6.42 Å². The second-order valence-electron chi connectivity index (χ2n) is 2.54. The Morgan fingerprint density at radius 1 is 0.917 bits per heavy atom. The number of rotatable bonds is 2. The lowest BCUT2D eigenvalue weighted by Gasteiger charge is -2.31. The quantitative estimate of drug-likeness (QED) is 0.591. The fourth-order valence-electron chi connectivity index (χ4n) is 0.760. The highest BCUT2D eigenvalue weighted by Gasteiger charge is 2.67. The predicted molar refractivity (Wildman–Crippen MR) is 30.8 cm³/mol. The monoisotopic (exact) mass is 194 g/mol. The van der Waals surface area contributed by atoms with Crippen molar-refractivity contribution in [3.8, 4) is 0 Å². The Hall–Kier alpha value is -0.420. The van der Waals surface area contributed by atoms with Crippen LogP contribution >= 0.6 is 0 Å². The van der Waals surface area contributed by atoms with Crippen LogP contribution in [0.25, 0.3) is 0 Å². The smallest absolute Gasteiger partial charge is 0.227 e. The van der Waals surface area contributed by atoms with E-state index in [0.717, 1.165) is 6.92 Å². The Morgan fingerprint density at radius 3 is 1.25 bits per heavy atom. The molecule has 6 heteroatoms. The van der Waals surface area contributed by atoms with Crippen molar-refractivity contribution in [2.75, 3.05) is 0 Å². The highest BCUT2D eigenvalue weighted by Crippen LogP contribution is 2.46. The van der Waals surface area contributed by atoms with Gasteiger partial charge >= 0.3 is 6.18 Å². The van der Waals surface area contributed by atoms with Crippen LogP contribution in [-0.4, -0.2) is 17.8 Å². The zero-order valence-electron chi connectivity index (χ0n) is 6.47. The highest BCUT2D eigenvalue weighted by atomic mass is 19.4. The fourth-order valence-corrected chi connectivity index (χ4v) is 0.760. The Kier molecular flexibility index (Phi) is 2.71. The molecule has 0 N–H and O–H groups in total. The average molecular weight is 194 g/mol. The van der Waals surface area contributed by atoms with Gasteiger partial charge in [-0.25, -0.2) is 13.2 Å². The van der Waals surface area contributed by atoms with E-state index >= 15 is 0 Å². The van der Waals surface area contributed by atoms with E-state index in [1.807, 2.05) is 0 Å². The molecule has 0 aromatic carbocycles. The van der Waals surface area contributed by atoms with E-state index in [0.29, 0.717) is 0 Å². The molecule has 0 heterocycles. The molecule has 0 aromatic heterocycles. The van der Waals surface area contributed by atoms with Gasteiger partial charge in [0.1, 0.15) is 0 Å². The highest BCUT2D eigenvalue weighted by molar-refractivity contribution is 4.96.